The van der Waals surface area contributed by atoms with Crippen molar-refractivity contribution in [3.63, 3.8) is 0 Å². The summed E-state index contributed by atoms with van der Waals surface area (Å²) in [7, 11) is 3.15. The van der Waals surface area contributed by atoms with E-state index >= 15 is 0 Å². The number of alkyl halides is 2. The van der Waals surface area contributed by atoms with E-state index in [1.807, 2.05) is 0 Å². The lowest BCUT2D eigenvalue weighted by Crippen LogP contribution is -2.26. The summed E-state index contributed by atoms with van der Waals surface area (Å²) in [5, 5.41) is 9.98. The Morgan fingerprint density at radius 1 is 1.39 bits per heavy atom. The van der Waals surface area contributed by atoms with Crippen molar-refractivity contribution in [3.8, 4) is 0 Å². The van der Waals surface area contributed by atoms with Gasteiger partial charge in [0, 0.05) is 26.8 Å². The first-order chi connectivity index (χ1) is 10.8. The Morgan fingerprint density at radius 3 is 2.61 bits per heavy atom. The molecule has 0 aliphatic carbocycles. The first-order valence-electron chi connectivity index (χ1n) is 6.77. The molecule has 2 aromatic heterocycles. The lowest BCUT2D eigenvalue weighted by Gasteiger charge is -2.13. The van der Waals surface area contributed by atoms with Crippen LogP contribution in [0.3, 0.4) is 0 Å². The third kappa shape index (κ3) is 3.35. The van der Waals surface area contributed by atoms with Gasteiger partial charge in [-0.2, -0.15) is 19.0 Å². The Balaban J connectivity index is 2.27. The lowest BCUT2D eigenvalue weighted by molar-refractivity contribution is 0.0561. The number of carbonyl (C=O) groups excluding carboxylic acids is 2. The zero-order valence-corrected chi connectivity index (χ0v) is 12.8. The molecule has 2 aromatic rings. The molecule has 124 valence electrons. The topological polar surface area (TPSA) is 85.0 Å². The Labute approximate surface area is 130 Å². The number of halogens is 2. The molecule has 0 bridgehead atoms. The highest BCUT2D eigenvalue weighted by Gasteiger charge is 2.22. The molecule has 0 radical (unpaired) electrons. The summed E-state index contributed by atoms with van der Waals surface area (Å²) in [4.78, 5) is 25.7. The van der Waals surface area contributed by atoms with E-state index in [2.05, 4.69) is 15.5 Å². The maximum absolute atomic E-state index is 12.5. The molecule has 0 fully saturated rings. The summed E-state index contributed by atoms with van der Waals surface area (Å²) >= 11 is 0. The van der Waals surface area contributed by atoms with Crippen molar-refractivity contribution in [2.45, 2.75) is 20.0 Å². The van der Waals surface area contributed by atoms with E-state index in [4.69, 9.17) is 0 Å². The molecule has 0 unspecified atom stereocenters. The van der Waals surface area contributed by atoms with Gasteiger partial charge >= 0.3 is 6.55 Å². The van der Waals surface area contributed by atoms with Crippen LogP contribution in [0.1, 0.15) is 34.5 Å². The van der Waals surface area contributed by atoms with Gasteiger partial charge in [-0.15, -0.1) is 0 Å². The summed E-state index contributed by atoms with van der Waals surface area (Å²) in [6.07, 6.45) is 2.34. The maximum Gasteiger partial charge on any atom is 0.333 e. The van der Waals surface area contributed by atoms with E-state index in [0.717, 1.165) is 6.20 Å². The van der Waals surface area contributed by atoms with Gasteiger partial charge in [0.15, 0.2) is 5.69 Å². The van der Waals surface area contributed by atoms with Crippen LogP contribution in [-0.4, -0.2) is 50.4 Å². The number of hydrogen-bond donors (Lipinski definition) is 1. The Hall–Kier alpha value is -2.78. The quantitative estimate of drug-likeness (QED) is 0.901. The second-order valence-electron chi connectivity index (χ2n) is 4.83. The molecule has 0 saturated carbocycles. The van der Waals surface area contributed by atoms with Gasteiger partial charge < -0.3 is 10.2 Å². The van der Waals surface area contributed by atoms with Gasteiger partial charge in [0.1, 0.15) is 5.69 Å². The minimum atomic E-state index is -2.83. The molecule has 0 aliphatic rings. The summed E-state index contributed by atoms with van der Waals surface area (Å²) in [5.41, 5.74) is 0.221. The maximum atomic E-state index is 12.5. The molecule has 2 amide bonds. The monoisotopic (exact) mass is 326 g/mol. The standard InChI is InChI=1S/C13H16F2N6O2/c1-4-20-10(12(23)19(2)3)9(7-16-20)17-11(22)8-5-6-21(18-8)13(14)15/h5-7,13H,4H2,1-3H3,(H,17,22). The zero-order chi connectivity index (χ0) is 17.1. The molecule has 2 heterocycles. The first kappa shape index (κ1) is 16.6. The fraction of sp³-hybridized carbons (Fsp3) is 0.385. The first-order valence-corrected chi connectivity index (χ1v) is 6.77. The second kappa shape index (κ2) is 6.55. The second-order valence-corrected chi connectivity index (χ2v) is 4.83. The minimum absolute atomic E-state index is 0.183. The van der Waals surface area contributed by atoms with Crippen LogP contribution in [0, 0.1) is 0 Å². The zero-order valence-electron chi connectivity index (χ0n) is 12.8. The van der Waals surface area contributed by atoms with E-state index in [-0.39, 0.29) is 23.0 Å². The number of anilines is 1. The highest BCUT2D eigenvalue weighted by atomic mass is 19.3. The number of hydrogen-bond acceptors (Lipinski definition) is 4. The molecule has 0 spiro atoms. The lowest BCUT2D eigenvalue weighted by atomic mass is 10.3. The van der Waals surface area contributed by atoms with Crippen molar-refractivity contribution in [3.05, 3.63) is 29.8 Å². The van der Waals surface area contributed by atoms with Gasteiger partial charge in [0.25, 0.3) is 11.8 Å². The molecule has 10 heteroatoms. The molecule has 0 atom stereocenters. The number of amides is 2. The van der Waals surface area contributed by atoms with Crippen molar-refractivity contribution >= 4 is 17.5 Å². The number of nitrogens with one attached hydrogen (secondary N) is 1. The predicted molar refractivity (Wildman–Crippen MR) is 77.4 cm³/mol. The van der Waals surface area contributed by atoms with Crippen LogP contribution >= 0.6 is 0 Å². The Morgan fingerprint density at radius 2 is 2.09 bits per heavy atom. The largest absolute Gasteiger partial charge is 0.343 e. The van der Waals surface area contributed by atoms with Gasteiger partial charge in [0.05, 0.1) is 11.9 Å². The molecular formula is C13H16F2N6O2. The average Bonchev–Trinajstić information content (AvgIpc) is 3.13. The molecule has 0 aromatic carbocycles. The predicted octanol–water partition coefficient (Wildman–Crippen LogP) is 1.45. The normalized spacial score (nSPS) is 10.9. The van der Waals surface area contributed by atoms with Crippen molar-refractivity contribution in [1.82, 2.24) is 24.5 Å². The van der Waals surface area contributed by atoms with Crippen molar-refractivity contribution < 1.29 is 18.4 Å². The molecular weight excluding hydrogens is 310 g/mol. The summed E-state index contributed by atoms with van der Waals surface area (Å²) in [6.45, 7) is -0.592. The highest BCUT2D eigenvalue weighted by molar-refractivity contribution is 6.07. The van der Waals surface area contributed by atoms with E-state index in [1.54, 1.807) is 21.0 Å². The Kier molecular flexibility index (Phi) is 4.72. The average molecular weight is 326 g/mol. The van der Waals surface area contributed by atoms with E-state index in [1.165, 1.54) is 21.8 Å². The third-order valence-electron chi connectivity index (χ3n) is 3.04. The highest BCUT2D eigenvalue weighted by Crippen LogP contribution is 2.18. The smallest absolute Gasteiger partial charge is 0.333 e. The molecule has 23 heavy (non-hydrogen) atoms. The van der Waals surface area contributed by atoms with Crippen LogP contribution in [0.4, 0.5) is 14.5 Å². The van der Waals surface area contributed by atoms with Crippen LogP contribution in [0.5, 0.6) is 0 Å². The number of aromatic nitrogens is 4. The van der Waals surface area contributed by atoms with Gasteiger partial charge in [-0.05, 0) is 13.0 Å². The van der Waals surface area contributed by atoms with Crippen molar-refractivity contribution in [2.24, 2.45) is 0 Å². The molecule has 2 rings (SSSR count). The molecule has 0 aliphatic heterocycles. The molecule has 8 nitrogen and oxygen atoms in total. The fourth-order valence-electron chi connectivity index (χ4n) is 1.91. The van der Waals surface area contributed by atoms with Crippen LogP contribution in [0.25, 0.3) is 0 Å². The van der Waals surface area contributed by atoms with Gasteiger partial charge in [-0.25, -0.2) is 4.68 Å². The van der Waals surface area contributed by atoms with Gasteiger partial charge in [-0.3, -0.25) is 14.3 Å². The van der Waals surface area contributed by atoms with Gasteiger partial charge in [0.2, 0.25) is 0 Å². The Bertz CT molecular complexity index is 722. The number of carbonyl (C=O) groups is 2. The van der Waals surface area contributed by atoms with Crippen LogP contribution in [0.2, 0.25) is 0 Å². The fourth-order valence-corrected chi connectivity index (χ4v) is 1.91. The molecule has 0 saturated heterocycles. The van der Waals surface area contributed by atoms with E-state index in [0.29, 0.717) is 11.2 Å². The van der Waals surface area contributed by atoms with Crippen LogP contribution < -0.4 is 5.32 Å². The number of nitrogens with zero attached hydrogens (tertiary/aromatic N) is 5. The van der Waals surface area contributed by atoms with E-state index < -0.39 is 12.5 Å². The SMILES string of the molecule is CCn1ncc(NC(=O)c2ccn(C(F)F)n2)c1C(=O)N(C)C. The molecule has 1 N–H and O–H groups in total. The van der Waals surface area contributed by atoms with Crippen LogP contribution in [0.15, 0.2) is 18.5 Å². The van der Waals surface area contributed by atoms with Gasteiger partial charge in [-0.1, -0.05) is 0 Å². The minimum Gasteiger partial charge on any atom is -0.343 e. The number of aryl methyl sites for hydroxylation is 1. The van der Waals surface area contributed by atoms with Crippen molar-refractivity contribution in [1.29, 1.82) is 0 Å². The summed E-state index contributed by atoms with van der Waals surface area (Å²) in [5.74, 6) is -1.04. The van der Waals surface area contributed by atoms with E-state index in [9.17, 15) is 18.4 Å². The summed E-state index contributed by atoms with van der Waals surface area (Å²) in [6, 6.07) is 1.17. The van der Waals surface area contributed by atoms with Crippen molar-refractivity contribution in [2.75, 3.05) is 19.4 Å². The number of rotatable bonds is 5. The third-order valence-corrected chi connectivity index (χ3v) is 3.04. The van der Waals surface area contributed by atoms with Crippen LogP contribution in [-0.2, 0) is 6.54 Å². The summed E-state index contributed by atoms with van der Waals surface area (Å²) < 4.78 is 26.8.